The summed E-state index contributed by atoms with van der Waals surface area (Å²) < 4.78 is 1.21. The Hall–Kier alpha value is -0.680. The molecular weight excluding hydrogens is 344 g/mol. The number of hydrogen-bond donors (Lipinski definition) is 1. The van der Waals surface area contributed by atoms with Crippen LogP contribution in [-0.2, 0) is 12.8 Å². The highest BCUT2D eigenvalue weighted by atomic mass is 79.9. The van der Waals surface area contributed by atoms with Crippen LogP contribution in [0.1, 0.15) is 26.9 Å². The summed E-state index contributed by atoms with van der Waals surface area (Å²) in [5.41, 5.74) is 9.10. The molecular formula is C17H21BrN2S. The smallest absolute Gasteiger partial charge is 0.0565 e. The molecule has 0 bridgehead atoms. The maximum Gasteiger partial charge on any atom is 0.0565 e. The standard InChI is InChI=1S/C17H21BrN2S/c1-12-15(18)10-17(21-12)16(11-19)20-8-6-13-4-2-3-5-14(13)7-9-20/h2-5,10,16H,6-9,11,19H2,1H3. The molecule has 0 spiro atoms. The minimum absolute atomic E-state index is 0.342. The predicted octanol–water partition coefficient (Wildman–Crippen LogP) is 3.92. The Labute approximate surface area is 139 Å². The van der Waals surface area contributed by atoms with Crippen LogP contribution in [0, 0.1) is 6.92 Å². The van der Waals surface area contributed by atoms with Crippen LogP contribution in [0.2, 0.25) is 0 Å². The van der Waals surface area contributed by atoms with Gasteiger partial charge in [0.2, 0.25) is 0 Å². The van der Waals surface area contributed by atoms with Crippen LogP contribution in [0.15, 0.2) is 34.8 Å². The van der Waals surface area contributed by atoms with Gasteiger partial charge in [-0.05, 0) is 52.9 Å². The Kier molecular flexibility index (Phi) is 4.79. The Morgan fingerprint density at radius 2 is 1.86 bits per heavy atom. The van der Waals surface area contributed by atoms with E-state index in [9.17, 15) is 0 Å². The van der Waals surface area contributed by atoms with E-state index >= 15 is 0 Å². The summed E-state index contributed by atoms with van der Waals surface area (Å²) in [4.78, 5) is 5.27. The van der Waals surface area contributed by atoms with E-state index in [2.05, 4.69) is 58.1 Å². The van der Waals surface area contributed by atoms with Crippen molar-refractivity contribution in [1.82, 2.24) is 4.90 Å². The SMILES string of the molecule is Cc1sc(C(CN)N2CCc3ccccc3CC2)cc1Br. The van der Waals surface area contributed by atoms with Gasteiger partial charge < -0.3 is 5.73 Å². The summed E-state index contributed by atoms with van der Waals surface area (Å²) >= 11 is 5.49. The van der Waals surface area contributed by atoms with Crippen molar-refractivity contribution >= 4 is 27.3 Å². The molecule has 1 aliphatic heterocycles. The summed E-state index contributed by atoms with van der Waals surface area (Å²) in [5, 5.41) is 0. The van der Waals surface area contributed by atoms with Gasteiger partial charge >= 0.3 is 0 Å². The van der Waals surface area contributed by atoms with E-state index < -0.39 is 0 Å². The molecule has 2 nitrogen and oxygen atoms in total. The molecule has 1 atom stereocenters. The van der Waals surface area contributed by atoms with Crippen molar-refractivity contribution in [3.8, 4) is 0 Å². The molecule has 0 radical (unpaired) electrons. The van der Waals surface area contributed by atoms with Crippen LogP contribution >= 0.6 is 27.3 Å². The molecule has 0 saturated carbocycles. The quantitative estimate of drug-likeness (QED) is 0.893. The van der Waals surface area contributed by atoms with E-state index in [1.54, 1.807) is 0 Å². The average molecular weight is 365 g/mol. The van der Waals surface area contributed by atoms with Gasteiger partial charge in [0, 0.05) is 33.9 Å². The molecule has 2 N–H and O–H groups in total. The van der Waals surface area contributed by atoms with Gasteiger partial charge in [-0.15, -0.1) is 11.3 Å². The number of fused-ring (bicyclic) bond motifs is 1. The number of nitrogens with two attached hydrogens (primary N) is 1. The zero-order valence-corrected chi connectivity index (χ0v) is 14.7. The van der Waals surface area contributed by atoms with Crippen LogP contribution in [0.25, 0.3) is 0 Å². The molecule has 112 valence electrons. The van der Waals surface area contributed by atoms with Gasteiger partial charge in [-0.25, -0.2) is 0 Å². The fraction of sp³-hybridized carbons (Fsp3) is 0.412. The molecule has 1 aromatic carbocycles. The van der Waals surface area contributed by atoms with E-state index in [1.165, 1.54) is 25.4 Å². The Morgan fingerprint density at radius 3 is 2.33 bits per heavy atom. The number of aryl methyl sites for hydroxylation is 1. The van der Waals surface area contributed by atoms with E-state index in [-0.39, 0.29) is 0 Å². The maximum atomic E-state index is 6.10. The lowest BCUT2D eigenvalue weighted by molar-refractivity contribution is 0.214. The van der Waals surface area contributed by atoms with Crippen molar-refractivity contribution in [2.45, 2.75) is 25.8 Å². The number of hydrogen-bond acceptors (Lipinski definition) is 3. The molecule has 21 heavy (non-hydrogen) atoms. The van der Waals surface area contributed by atoms with Gasteiger partial charge in [-0.3, -0.25) is 4.90 Å². The van der Waals surface area contributed by atoms with Crippen molar-refractivity contribution < 1.29 is 0 Å². The fourth-order valence-electron chi connectivity index (χ4n) is 3.09. The van der Waals surface area contributed by atoms with Gasteiger partial charge in [-0.2, -0.15) is 0 Å². The molecule has 0 saturated heterocycles. The lowest BCUT2D eigenvalue weighted by Gasteiger charge is -2.28. The number of halogens is 1. The van der Waals surface area contributed by atoms with Crippen molar-refractivity contribution in [2.75, 3.05) is 19.6 Å². The van der Waals surface area contributed by atoms with Crippen molar-refractivity contribution in [3.05, 3.63) is 55.7 Å². The van der Waals surface area contributed by atoms with Crippen molar-refractivity contribution in [3.63, 3.8) is 0 Å². The molecule has 1 unspecified atom stereocenters. The number of thiophene rings is 1. The Morgan fingerprint density at radius 1 is 1.24 bits per heavy atom. The number of rotatable bonds is 3. The lowest BCUT2D eigenvalue weighted by atomic mass is 10.0. The summed E-state index contributed by atoms with van der Waals surface area (Å²) in [6, 6.07) is 11.4. The summed E-state index contributed by atoms with van der Waals surface area (Å²) in [6.07, 6.45) is 2.25. The lowest BCUT2D eigenvalue weighted by Crippen LogP contribution is -2.35. The van der Waals surface area contributed by atoms with E-state index in [4.69, 9.17) is 5.73 Å². The van der Waals surface area contributed by atoms with Crippen molar-refractivity contribution in [1.29, 1.82) is 0 Å². The van der Waals surface area contributed by atoms with E-state index in [0.717, 1.165) is 25.9 Å². The molecule has 4 heteroatoms. The van der Waals surface area contributed by atoms with E-state index in [0.29, 0.717) is 12.6 Å². The first-order chi connectivity index (χ1) is 10.2. The van der Waals surface area contributed by atoms with Gasteiger partial charge in [-0.1, -0.05) is 24.3 Å². The molecule has 1 aromatic heterocycles. The third kappa shape index (κ3) is 3.24. The first kappa shape index (κ1) is 15.2. The molecule has 0 amide bonds. The third-order valence-corrected chi connectivity index (χ3v) is 6.56. The normalized spacial score (nSPS) is 17.3. The topological polar surface area (TPSA) is 29.3 Å². The highest BCUT2D eigenvalue weighted by Gasteiger charge is 2.23. The minimum Gasteiger partial charge on any atom is -0.329 e. The van der Waals surface area contributed by atoms with Crippen LogP contribution in [0.4, 0.5) is 0 Å². The first-order valence-electron chi connectivity index (χ1n) is 7.45. The summed E-state index contributed by atoms with van der Waals surface area (Å²) in [5.74, 6) is 0. The molecule has 0 aliphatic carbocycles. The molecule has 0 fully saturated rings. The van der Waals surface area contributed by atoms with Gasteiger partial charge in [0.1, 0.15) is 0 Å². The Bertz CT molecular complexity index is 577. The number of nitrogens with zero attached hydrogens (tertiary/aromatic N) is 1. The second kappa shape index (κ2) is 6.61. The zero-order valence-electron chi connectivity index (χ0n) is 12.3. The fourth-order valence-corrected chi connectivity index (χ4v) is 4.80. The molecule has 2 heterocycles. The molecule has 3 rings (SSSR count). The highest BCUT2D eigenvalue weighted by molar-refractivity contribution is 9.10. The average Bonchev–Trinajstić information content (AvgIpc) is 2.71. The summed E-state index contributed by atoms with van der Waals surface area (Å²) in [6.45, 7) is 5.02. The highest BCUT2D eigenvalue weighted by Crippen LogP contribution is 2.33. The summed E-state index contributed by atoms with van der Waals surface area (Å²) in [7, 11) is 0. The molecule has 1 aliphatic rings. The Balaban J connectivity index is 1.80. The maximum absolute atomic E-state index is 6.10. The minimum atomic E-state index is 0.342. The van der Waals surface area contributed by atoms with Gasteiger partial charge in [0.05, 0.1) is 6.04 Å². The van der Waals surface area contributed by atoms with Crippen molar-refractivity contribution in [2.24, 2.45) is 5.73 Å². The van der Waals surface area contributed by atoms with Crippen LogP contribution in [0.5, 0.6) is 0 Å². The monoisotopic (exact) mass is 364 g/mol. The second-order valence-electron chi connectivity index (χ2n) is 5.61. The van der Waals surface area contributed by atoms with Gasteiger partial charge in [0.15, 0.2) is 0 Å². The second-order valence-corrected chi connectivity index (χ2v) is 7.75. The third-order valence-electron chi connectivity index (χ3n) is 4.32. The number of benzene rings is 1. The first-order valence-corrected chi connectivity index (χ1v) is 9.06. The van der Waals surface area contributed by atoms with Crippen LogP contribution in [0.3, 0.4) is 0 Å². The zero-order chi connectivity index (χ0) is 14.8. The van der Waals surface area contributed by atoms with E-state index in [1.807, 2.05) is 11.3 Å². The van der Waals surface area contributed by atoms with Gasteiger partial charge in [0.25, 0.3) is 0 Å². The predicted molar refractivity (Wildman–Crippen MR) is 94.0 cm³/mol. The largest absolute Gasteiger partial charge is 0.329 e. The van der Waals surface area contributed by atoms with Crippen LogP contribution < -0.4 is 5.73 Å². The van der Waals surface area contributed by atoms with Crippen LogP contribution in [-0.4, -0.2) is 24.5 Å². The molecule has 2 aromatic rings.